The maximum Gasteiger partial charge on any atom is 0.145 e. The van der Waals surface area contributed by atoms with Gasteiger partial charge in [-0.15, -0.1) is 31.8 Å². The summed E-state index contributed by atoms with van der Waals surface area (Å²) in [5.74, 6) is 10.8. The highest BCUT2D eigenvalue weighted by atomic mass is 35.5. The van der Waals surface area contributed by atoms with E-state index in [1.54, 1.807) is 11.1 Å². The lowest BCUT2D eigenvalue weighted by molar-refractivity contribution is -0.115. The predicted octanol–water partition coefficient (Wildman–Crippen LogP) is 17.4. The molecule has 0 aromatic heterocycles. The third kappa shape index (κ3) is 13.5. The molecule has 0 aliphatic heterocycles. The summed E-state index contributed by atoms with van der Waals surface area (Å²) < 4.78 is 11.8. The Bertz CT molecular complexity index is 1580. The van der Waals surface area contributed by atoms with E-state index in [4.69, 9.17) is 37.8 Å². The van der Waals surface area contributed by atoms with Gasteiger partial charge in [0.2, 0.25) is 0 Å². The Kier molecular flexibility index (Phi) is 23.4. The van der Waals surface area contributed by atoms with Gasteiger partial charge in [0.15, 0.2) is 0 Å². The number of allylic oxidation sites excluding steroid dienone is 2. The third-order valence-corrected chi connectivity index (χ3v) is 21.4. The van der Waals surface area contributed by atoms with Gasteiger partial charge in [0.25, 0.3) is 0 Å². The minimum absolute atomic E-state index is 0.148. The van der Waals surface area contributed by atoms with Gasteiger partial charge >= 0.3 is 0 Å². The van der Waals surface area contributed by atoms with Crippen LogP contribution >= 0.6 is 31.8 Å². The molecule has 16 atom stereocenters. The van der Waals surface area contributed by atoms with Crippen LogP contribution in [-0.2, 0) is 14.3 Å². The zero-order valence-electron chi connectivity index (χ0n) is 46.1. The standard InChI is InChI=1S/C29H50O2.C29H48O2.C2H7P.CH2Cl2/c2*1-20(2)7-6-8-21(3)25-11-12-26-24-10-9-22-19-23(31-18-17-30)13-15-28(22,4)27(24)14-16-29(25,26)5;1-3-2;2-1-3/h9,20-21,23-27,30H,6-8,10-19H2,1-5H3;9,17,20-21,23-27H,6-8,10-16,18-19H2,1-5H3;3H,1-2H3;1H2/t2*21-,23+,24?,25-,26?,27?,28+,29-;;/m11../s1. The van der Waals surface area contributed by atoms with Gasteiger partial charge in [-0.3, -0.25) is 0 Å². The number of halogens is 2. The first-order valence-corrected chi connectivity index (χ1v) is 31.9. The fourth-order valence-electron chi connectivity index (χ4n) is 18.0. The van der Waals surface area contributed by atoms with Gasteiger partial charge in [0.1, 0.15) is 12.9 Å². The van der Waals surface area contributed by atoms with Crippen molar-refractivity contribution in [3.8, 4) is 0 Å². The molecule has 6 fully saturated rings. The van der Waals surface area contributed by atoms with E-state index in [1.807, 2.05) is 0 Å². The smallest absolute Gasteiger partial charge is 0.145 e. The molecule has 6 saturated carbocycles. The lowest BCUT2D eigenvalue weighted by Crippen LogP contribution is -2.51. The van der Waals surface area contributed by atoms with Crippen LogP contribution < -0.4 is 0 Å². The normalized spacial score (nSPS) is 39.8. The molecule has 8 rings (SSSR count). The summed E-state index contributed by atoms with van der Waals surface area (Å²) in [5, 5.41) is 9.33. The number of aliphatic hydroxyl groups excluding tert-OH is 1. The summed E-state index contributed by atoms with van der Waals surface area (Å²) in [6, 6.07) is 0. The highest BCUT2D eigenvalue weighted by Gasteiger charge is 2.61. The Balaban J connectivity index is 0.000000228. The van der Waals surface area contributed by atoms with Crippen LogP contribution in [0.25, 0.3) is 0 Å². The molecule has 8 aliphatic carbocycles. The fraction of sp³-hybridized carbons (Fsp3) is 0.918. The van der Waals surface area contributed by atoms with E-state index in [0.29, 0.717) is 34.4 Å². The molecule has 394 valence electrons. The third-order valence-electron chi connectivity index (χ3n) is 21.4. The van der Waals surface area contributed by atoms with Gasteiger partial charge in [-0.1, -0.05) is 131 Å². The molecule has 0 saturated heterocycles. The maximum atomic E-state index is 10.7. The number of aldehydes is 1. The van der Waals surface area contributed by atoms with Crippen molar-refractivity contribution in [1.82, 2.24) is 0 Å². The van der Waals surface area contributed by atoms with E-state index in [9.17, 15) is 4.79 Å². The Hall–Kier alpha value is 0.0400. The highest BCUT2D eigenvalue weighted by molar-refractivity contribution is 7.35. The molecule has 0 amide bonds. The summed E-state index contributed by atoms with van der Waals surface area (Å²) in [6.07, 6.45) is 36.6. The van der Waals surface area contributed by atoms with Gasteiger partial charge in [0, 0.05) is 0 Å². The minimum Gasteiger partial charge on any atom is -0.394 e. The maximum absolute atomic E-state index is 10.7. The quantitative estimate of drug-likeness (QED) is 0.0724. The molecule has 0 heterocycles. The van der Waals surface area contributed by atoms with Crippen molar-refractivity contribution in [2.75, 3.05) is 38.5 Å². The first-order valence-electron chi connectivity index (χ1n) is 28.8. The zero-order valence-corrected chi connectivity index (χ0v) is 48.6. The second-order valence-electron chi connectivity index (χ2n) is 26.0. The number of rotatable bonds is 16. The molecular weight excluding hydrogens is 899 g/mol. The van der Waals surface area contributed by atoms with Gasteiger partial charge in [-0.05, 0) is 209 Å². The monoisotopic (exact) mass is 1000 g/mol. The van der Waals surface area contributed by atoms with Crippen LogP contribution in [0, 0.1) is 92.7 Å². The van der Waals surface area contributed by atoms with Crippen LogP contribution in [0.5, 0.6) is 0 Å². The number of aliphatic hydroxyl groups is 1. The van der Waals surface area contributed by atoms with Crippen molar-refractivity contribution in [2.24, 2.45) is 92.7 Å². The predicted molar refractivity (Wildman–Crippen MR) is 295 cm³/mol. The molecule has 0 radical (unpaired) electrons. The lowest BCUT2D eigenvalue weighted by atomic mass is 9.47. The number of alkyl halides is 2. The molecule has 0 bridgehead atoms. The summed E-state index contributed by atoms with van der Waals surface area (Å²) in [7, 11) is 1.08. The van der Waals surface area contributed by atoms with Crippen LogP contribution in [0.1, 0.15) is 210 Å². The van der Waals surface area contributed by atoms with Crippen LogP contribution in [0.3, 0.4) is 0 Å². The number of ether oxygens (including phenoxy) is 2. The van der Waals surface area contributed by atoms with Crippen LogP contribution in [-0.4, -0.2) is 62.1 Å². The van der Waals surface area contributed by atoms with E-state index in [1.165, 1.54) is 122 Å². The molecule has 7 heteroatoms. The molecule has 1 N–H and O–H groups in total. The number of hydrogen-bond donors (Lipinski definition) is 1. The molecule has 6 unspecified atom stereocenters. The second kappa shape index (κ2) is 27.0. The first kappa shape index (κ1) is 58.9. The molecule has 68 heavy (non-hydrogen) atoms. The van der Waals surface area contributed by atoms with Crippen molar-refractivity contribution in [1.29, 1.82) is 0 Å². The largest absolute Gasteiger partial charge is 0.394 e. The summed E-state index contributed by atoms with van der Waals surface area (Å²) >= 11 is 9.53. The molecule has 0 aromatic rings. The van der Waals surface area contributed by atoms with Crippen molar-refractivity contribution in [3.05, 3.63) is 23.3 Å². The number of hydrogen-bond acceptors (Lipinski definition) is 4. The topological polar surface area (TPSA) is 55.8 Å². The molecular formula is C61H107Cl2O4P. The number of fused-ring (bicyclic) bond motifs is 10. The Morgan fingerprint density at radius 1 is 0.632 bits per heavy atom. The Labute approximate surface area is 432 Å². The summed E-state index contributed by atoms with van der Waals surface area (Å²) in [6.45, 7) is 30.4. The van der Waals surface area contributed by atoms with E-state index in [2.05, 4.69) is 94.7 Å². The van der Waals surface area contributed by atoms with Gasteiger partial charge in [0.05, 0.1) is 30.8 Å². The second-order valence-corrected chi connectivity index (χ2v) is 27.8. The van der Waals surface area contributed by atoms with E-state index >= 15 is 0 Å². The SMILES string of the molecule is CC(C)CCC[C@@H](C)[C@H]1CCC2C3CC=C4C[C@@H](OCC=O)CC[C@]4(C)C3CC[C@@]21C.CC(C)CCC[C@@H](C)[C@H]1CCC2C3CC=C4C[C@@H](OCCO)CC[C@]4(C)C3CC[C@@]21C.CPC.ClCCl. The van der Waals surface area contributed by atoms with Crippen LogP contribution in [0.4, 0.5) is 0 Å². The average molecular weight is 1010 g/mol. The molecule has 0 aromatic carbocycles. The van der Waals surface area contributed by atoms with Gasteiger partial charge in [-0.2, -0.15) is 0 Å². The number of carbonyl (C=O) groups excluding carboxylic acids is 1. The van der Waals surface area contributed by atoms with Crippen molar-refractivity contribution < 1.29 is 19.4 Å². The van der Waals surface area contributed by atoms with E-state index in [0.717, 1.165) is 105 Å². The van der Waals surface area contributed by atoms with Crippen molar-refractivity contribution in [2.45, 2.75) is 223 Å². The molecule has 4 nitrogen and oxygen atoms in total. The molecule has 0 spiro atoms. The minimum atomic E-state index is 0.148. The Morgan fingerprint density at radius 2 is 1.04 bits per heavy atom. The van der Waals surface area contributed by atoms with Crippen LogP contribution in [0.15, 0.2) is 23.3 Å². The molecule has 8 aliphatic rings. The van der Waals surface area contributed by atoms with Crippen molar-refractivity contribution >= 4 is 38.1 Å². The van der Waals surface area contributed by atoms with Crippen LogP contribution in [0.2, 0.25) is 0 Å². The highest BCUT2D eigenvalue weighted by Crippen LogP contribution is 2.69. The number of carbonyl (C=O) groups is 1. The van der Waals surface area contributed by atoms with E-state index < -0.39 is 0 Å². The average Bonchev–Trinajstić information content (AvgIpc) is 3.85. The van der Waals surface area contributed by atoms with Gasteiger partial charge in [-0.25, -0.2) is 0 Å². The fourth-order valence-corrected chi connectivity index (χ4v) is 18.0. The van der Waals surface area contributed by atoms with Crippen molar-refractivity contribution in [3.63, 3.8) is 0 Å². The lowest BCUT2D eigenvalue weighted by Gasteiger charge is -2.58. The Morgan fingerprint density at radius 3 is 1.43 bits per heavy atom. The van der Waals surface area contributed by atoms with Gasteiger partial charge < -0.3 is 19.4 Å². The summed E-state index contributed by atoms with van der Waals surface area (Å²) in [5.41, 5.74) is 5.31. The first-order chi connectivity index (χ1) is 32.4. The van der Waals surface area contributed by atoms with E-state index in [-0.39, 0.29) is 24.7 Å². The zero-order chi connectivity index (χ0) is 49.9. The summed E-state index contributed by atoms with van der Waals surface area (Å²) in [4.78, 5) is 10.7.